The lowest BCUT2D eigenvalue weighted by Crippen LogP contribution is -2.06. The Morgan fingerprint density at radius 1 is 1.58 bits per heavy atom. The first-order valence-electron chi connectivity index (χ1n) is 5.40. The number of anilines is 1. The Kier molecular flexibility index (Phi) is 3.37. The van der Waals surface area contributed by atoms with E-state index in [-0.39, 0.29) is 23.7 Å². The van der Waals surface area contributed by atoms with E-state index in [1.54, 1.807) is 12.1 Å². The van der Waals surface area contributed by atoms with Crippen molar-refractivity contribution < 1.29 is 19.0 Å². The van der Waals surface area contributed by atoms with E-state index in [2.05, 4.69) is 5.10 Å². The Hall–Kier alpha value is -2.57. The minimum absolute atomic E-state index is 0.0378. The van der Waals surface area contributed by atoms with E-state index in [1.165, 1.54) is 24.1 Å². The van der Waals surface area contributed by atoms with Crippen molar-refractivity contribution in [1.29, 1.82) is 0 Å². The van der Waals surface area contributed by atoms with Gasteiger partial charge in [0, 0.05) is 11.8 Å². The number of hydrogen-bond donors (Lipinski definition) is 2. The number of ether oxygens (including phenoxy) is 1. The lowest BCUT2D eigenvalue weighted by molar-refractivity contribution is 0.0690. The maximum absolute atomic E-state index is 13.9. The summed E-state index contributed by atoms with van der Waals surface area (Å²) in [6.45, 7) is 0.0700. The molecule has 3 N–H and O–H groups in total. The summed E-state index contributed by atoms with van der Waals surface area (Å²) < 4.78 is 20.1. The van der Waals surface area contributed by atoms with E-state index < -0.39 is 11.8 Å². The van der Waals surface area contributed by atoms with Crippen LogP contribution in [-0.4, -0.2) is 28.0 Å². The number of nitrogens with zero attached hydrogens (tertiary/aromatic N) is 2. The molecule has 0 aliphatic carbocycles. The van der Waals surface area contributed by atoms with E-state index >= 15 is 0 Å². The number of carboxylic acid groups (broad SMARTS) is 1. The summed E-state index contributed by atoms with van der Waals surface area (Å²) in [4.78, 5) is 10.8. The first-order chi connectivity index (χ1) is 9.02. The third-order valence-electron chi connectivity index (χ3n) is 2.59. The van der Waals surface area contributed by atoms with Gasteiger partial charge in [-0.15, -0.1) is 0 Å². The molecule has 1 aromatic heterocycles. The van der Waals surface area contributed by atoms with Crippen LogP contribution in [-0.2, 0) is 6.54 Å². The van der Waals surface area contributed by atoms with Gasteiger partial charge in [0.1, 0.15) is 0 Å². The first kappa shape index (κ1) is 12.9. The zero-order valence-corrected chi connectivity index (χ0v) is 10.1. The molecule has 0 saturated heterocycles. The molecule has 0 aliphatic rings. The minimum atomic E-state index is -1.22. The molecule has 0 amide bonds. The molecule has 0 unspecified atom stereocenters. The van der Waals surface area contributed by atoms with Crippen LogP contribution in [0.2, 0.25) is 0 Å². The number of methoxy groups -OCH3 is 1. The van der Waals surface area contributed by atoms with Gasteiger partial charge in [0.05, 0.1) is 19.3 Å². The number of hydrogen-bond acceptors (Lipinski definition) is 4. The van der Waals surface area contributed by atoms with Crippen LogP contribution in [0, 0.1) is 5.82 Å². The fourth-order valence-corrected chi connectivity index (χ4v) is 1.69. The van der Waals surface area contributed by atoms with Crippen LogP contribution in [0.15, 0.2) is 24.4 Å². The summed E-state index contributed by atoms with van der Waals surface area (Å²) in [5, 5.41) is 12.6. The van der Waals surface area contributed by atoms with Gasteiger partial charge in [-0.2, -0.15) is 5.10 Å². The summed E-state index contributed by atoms with van der Waals surface area (Å²) in [5.41, 5.74) is 5.63. The van der Waals surface area contributed by atoms with Gasteiger partial charge in [-0.05, 0) is 6.07 Å². The highest BCUT2D eigenvalue weighted by Crippen LogP contribution is 2.21. The first-order valence-corrected chi connectivity index (χ1v) is 5.40. The topological polar surface area (TPSA) is 90.4 Å². The van der Waals surface area contributed by atoms with Crippen LogP contribution in [0.1, 0.15) is 16.1 Å². The Labute approximate surface area is 108 Å². The van der Waals surface area contributed by atoms with Crippen molar-refractivity contribution in [1.82, 2.24) is 9.78 Å². The molecule has 6 nitrogen and oxygen atoms in total. The lowest BCUT2D eigenvalue weighted by atomic mass is 10.2. The van der Waals surface area contributed by atoms with Crippen molar-refractivity contribution in [2.24, 2.45) is 0 Å². The molecule has 0 atom stereocenters. The number of carbonyl (C=O) groups is 1. The fraction of sp³-hybridized carbons (Fsp3) is 0.167. The average Bonchev–Trinajstić information content (AvgIpc) is 2.73. The number of rotatable bonds is 4. The summed E-state index contributed by atoms with van der Waals surface area (Å²) in [6, 6.07) is 4.71. The number of nitrogens with two attached hydrogens (primary N) is 1. The number of halogens is 1. The van der Waals surface area contributed by atoms with E-state index in [0.717, 1.165) is 0 Å². The van der Waals surface area contributed by atoms with Crippen LogP contribution >= 0.6 is 0 Å². The number of benzene rings is 1. The molecule has 1 heterocycles. The summed E-state index contributed by atoms with van der Waals surface area (Å²) in [5.74, 6) is -1.60. The van der Waals surface area contributed by atoms with Crippen LogP contribution in [0.3, 0.4) is 0 Å². The lowest BCUT2D eigenvalue weighted by Gasteiger charge is -2.07. The minimum Gasteiger partial charge on any atom is -0.494 e. The summed E-state index contributed by atoms with van der Waals surface area (Å²) >= 11 is 0. The van der Waals surface area contributed by atoms with Gasteiger partial charge in [0.15, 0.2) is 17.3 Å². The maximum atomic E-state index is 13.9. The molecule has 19 heavy (non-hydrogen) atoms. The summed E-state index contributed by atoms with van der Waals surface area (Å²) in [7, 11) is 1.37. The second kappa shape index (κ2) is 4.97. The predicted molar refractivity (Wildman–Crippen MR) is 65.7 cm³/mol. The fourth-order valence-electron chi connectivity index (χ4n) is 1.69. The Balaban J connectivity index is 2.31. The van der Waals surface area contributed by atoms with Gasteiger partial charge in [0.2, 0.25) is 0 Å². The second-order valence-electron chi connectivity index (χ2n) is 3.87. The van der Waals surface area contributed by atoms with E-state index in [9.17, 15) is 9.18 Å². The predicted octanol–water partition coefficient (Wildman–Crippen LogP) is 1.36. The molecule has 0 fully saturated rings. The van der Waals surface area contributed by atoms with Crippen LogP contribution in [0.4, 0.5) is 10.1 Å². The smallest absolute Gasteiger partial charge is 0.358 e. The molecule has 0 spiro atoms. The average molecular weight is 265 g/mol. The Morgan fingerprint density at radius 2 is 2.32 bits per heavy atom. The van der Waals surface area contributed by atoms with Crippen LogP contribution in [0.5, 0.6) is 5.75 Å². The standard InChI is InChI=1S/C12H12FN3O3/c1-19-9-4-2-3-7(10(9)13)5-16-6-8(14)11(15-16)12(17)18/h2-4,6H,5,14H2,1H3,(H,17,18). The van der Waals surface area contributed by atoms with Crippen molar-refractivity contribution in [3.05, 3.63) is 41.5 Å². The molecular formula is C12H12FN3O3. The third kappa shape index (κ3) is 2.49. The van der Waals surface area contributed by atoms with Gasteiger partial charge < -0.3 is 15.6 Å². The van der Waals surface area contributed by atoms with Gasteiger partial charge in [0.25, 0.3) is 0 Å². The zero-order chi connectivity index (χ0) is 14.0. The SMILES string of the molecule is COc1cccc(Cn2cc(N)c(C(=O)O)n2)c1F. The largest absolute Gasteiger partial charge is 0.494 e. The molecule has 7 heteroatoms. The van der Waals surface area contributed by atoms with Gasteiger partial charge >= 0.3 is 5.97 Å². The maximum Gasteiger partial charge on any atom is 0.358 e. The molecule has 0 aliphatic heterocycles. The molecular weight excluding hydrogens is 253 g/mol. The molecule has 0 saturated carbocycles. The van der Waals surface area contributed by atoms with Gasteiger partial charge in [-0.1, -0.05) is 12.1 Å². The number of nitrogen functional groups attached to an aromatic ring is 1. The molecule has 2 rings (SSSR count). The van der Waals surface area contributed by atoms with Gasteiger partial charge in [-0.25, -0.2) is 9.18 Å². The normalized spacial score (nSPS) is 10.4. The molecule has 100 valence electrons. The Bertz CT molecular complexity index is 625. The molecule has 1 aromatic carbocycles. The van der Waals surface area contributed by atoms with E-state index in [1.807, 2.05) is 0 Å². The van der Waals surface area contributed by atoms with Crippen molar-refractivity contribution in [2.45, 2.75) is 6.54 Å². The Morgan fingerprint density at radius 3 is 2.89 bits per heavy atom. The highest BCUT2D eigenvalue weighted by Gasteiger charge is 2.15. The second-order valence-corrected chi connectivity index (χ2v) is 3.87. The van der Waals surface area contributed by atoms with Crippen LogP contribution < -0.4 is 10.5 Å². The van der Waals surface area contributed by atoms with E-state index in [0.29, 0.717) is 5.56 Å². The van der Waals surface area contributed by atoms with Gasteiger partial charge in [-0.3, -0.25) is 4.68 Å². The van der Waals surface area contributed by atoms with E-state index in [4.69, 9.17) is 15.6 Å². The summed E-state index contributed by atoms with van der Waals surface area (Å²) in [6.07, 6.45) is 1.35. The van der Waals surface area contributed by atoms with Crippen molar-refractivity contribution >= 4 is 11.7 Å². The number of carboxylic acids is 1. The molecule has 0 radical (unpaired) electrons. The quantitative estimate of drug-likeness (QED) is 0.871. The highest BCUT2D eigenvalue weighted by atomic mass is 19.1. The number of aromatic carboxylic acids is 1. The molecule has 2 aromatic rings. The van der Waals surface area contributed by atoms with Crippen molar-refractivity contribution in [3.8, 4) is 5.75 Å². The molecule has 0 bridgehead atoms. The number of aromatic nitrogens is 2. The van der Waals surface area contributed by atoms with Crippen molar-refractivity contribution in [2.75, 3.05) is 12.8 Å². The third-order valence-corrected chi connectivity index (χ3v) is 2.59. The van der Waals surface area contributed by atoms with Crippen molar-refractivity contribution in [3.63, 3.8) is 0 Å². The monoisotopic (exact) mass is 265 g/mol. The highest BCUT2D eigenvalue weighted by molar-refractivity contribution is 5.91. The van der Waals surface area contributed by atoms with Crippen LogP contribution in [0.25, 0.3) is 0 Å². The zero-order valence-electron chi connectivity index (χ0n) is 10.1.